The summed E-state index contributed by atoms with van der Waals surface area (Å²) < 4.78 is 6.32. The number of amides is 1. The van der Waals surface area contributed by atoms with Crippen molar-refractivity contribution in [2.75, 3.05) is 17.7 Å². The van der Waals surface area contributed by atoms with Crippen molar-refractivity contribution in [3.63, 3.8) is 0 Å². The van der Waals surface area contributed by atoms with Crippen LogP contribution in [0.15, 0.2) is 22.5 Å². The van der Waals surface area contributed by atoms with Gasteiger partial charge in [-0.1, -0.05) is 36.1 Å². The molecule has 112 valence electrons. The molecule has 1 heterocycles. The predicted molar refractivity (Wildman–Crippen MR) is 86.3 cm³/mol. The van der Waals surface area contributed by atoms with Crippen molar-refractivity contribution in [3.8, 4) is 5.75 Å². The Morgan fingerprint density at radius 3 is 2.86 bits per heavy atom. The summed E-state index contributed by atoms with van der Waals surface area (Å²) in [5.74, 6) is 1.38. The molecule has 2 rings (SSSR count). The highest BCUT2D eigenvalue weighted by Crippen LogP contribution is 2.24. The first kappa shape index (κ1) is 15.8. The maximum atomic E-state index is 11.8. The van der Waals surface area contributed by atoms with Gasteiger partial charge in [0, 0.05) is 0 Å². The first-order chi connectivity index (χ1) is 10.1. The predicted octanol–water partition coefficient (Wildman–Crippen LogP) is 3.28. The second kappa shape index (κ2) is 7.42. The molecule has 0 atom stereocenters. The summed E-state index contributed by atoms with van der Waals surface area (Å²) in [4.78, 5) is 11.8. The average Bonchev–Trinajstić information content (AvgIpc) is 2.88. The minimum absolute atomic E-state index is 0.0433. The Kier molecular flexibility index (Phi) is 5.58. The first-order valence-electron chi connectivity index (χ1n) is 6.54. The van der Waals surface area contributed by atoms with E-state index < -0.39 is 0 Å². The molecule has 1 aromatic carbocycles. The second-order valence-electron chi connectivity index (χ2n) is 4.39. The number of anilines is 1. The van der Waals surface area contributed by atoms with Crippen molar-refractivity contribution >= 4 is 34.1 Å². The third-order valence-corrected chi connectivity index (χ3v) is 4.62. The third kappa shape index (κ3) is 4.71. The summed E-state index contributed by atoms with van der Waals surface area (Å²) in [5.41, 5.74) is 2.33. The fourth-order valence-electron chi connectivity index (χ4n) is 1.55. The molecule has 0 aliphatic heterocycles. The van der Waals surface area contributed by atoms with Crippen LogP contribution >= 0.6 is 23.1 Å². The molecule has 0 radical (unpaired) electrons. The van der Waals surface area contributed by atoms with Gasteiger partial charge in [0.2, 0.25) is 5.13 Å². The number of aromatic nitrogens is 2. The maximum Gasteiger partial charge on any atom is 0.264 e. The Balaban J connectivity index is 1.85. The zero-order valence-corrected chi connectivity index (χ0v) is 13.8. The van der Waals surface area contributed by atoms with E-state index in [1.807, 2.05) is 39.0 Å². The van der Waals surface area contributed by atoms with Crippen LogP contribution in [0, 0.1) is 13.8 Å². The number of carbonyl (C=O) groups is 1. The number of carbonyl (C=O) groups excluding carboxylic acids is 1. The Morgan fingerprint density at radius 2 is 2.14 bits per heavy atom. The smallest absolute Gasteiger partial charge is 0.264 e. The fourth-order valence-corrected chi connectivity index (χ4v) is 3.22. The van der Waals surface area contributed by atoms with Gasteiger partial charge in [0.25, 0.3) is 5.91 Å². The van der Waals surface area contributed by atoms with Gasteiger partial charge in [-0.25, -0.2) is 0 Å². The highest BCUT2D eigenvalue weighted by molar-refractivity contribution is 8.01. The standard InChI is InChI=1S/C14H17N3O2S2/c1-4-20-14-17-16-13(21-14)15-12(18)8-19-11-6-5-9(2)10(3)7-11/h5-7H,4,8H2,1-3H3,(H,15,16,18). The topological polar surface area (TPSA) is 64.1 Å². The van der Waals surface area contributed by atoms with Gasteiger partial charge in [-0.15, -0.1) is 10.2 Å². The van der Waals surface area contributed by atoms with Crippen LogP contribution in [0.1, 0.15) is 18.1 Å². The molecular weight excluding hydrogens is 306 g/mol. The summed E-state index contributed by atoms with van der Waals surface area (Å²) in [6.45, 7) is 6.05. The zero-order chi connectivity index (χ0) is 15.2. The van der Waals surface area contributed by atoms with Crippen molar-refractivity contribution < 1.29 is 9.53 Å². The van der Waals surface area contributed by atoms with Gasteiger partial charge in [0.05, 0.1) is 0 Å². The van der Waals surface area contributed by atoms with E-state index in [1.54, 1.807) is 11.8 Å². The Labute approximate surface area is 132 Å². The lowest BCUT2D eigenvalue weighted by atomic mass is 10.1. The Morgan fingerprint density at radius 1 is 1.33 bits per heavy atom. The number of thioether (sulfide) groups is 1. The summed E-state index contributed by atoms with van der Waals surface area (Å²) >= 11 is 2.96. The van der Waals surface area contributed by atoms with Gasteiger partial charge < -0.3 is 4.74 Å². The molecule has 0 bridgehead atoms. The Bertz CT molecular complexity index is 628. The van der Waals surface area contributed by atoms with Crippen LogP contribution in [0.25, 0.3) is 0 Å². The molecule has 0 aliphatic carbocycles. The molecule has 0 saturated heterocycles. The Hall–Kier alpha value is -1.60. The van der Waals surface area contributed by atoms with E-state index >= 15 is 0 Å². The van der Waals surface area contributed by atoms with E-state index in [0.29, 0.717) is 10.9 Å². The van der Waals surface area contributed by atoms with Crippen LogP contribution in [-0.4, -0.2) is 28.5 Å². The number of hydrogen-bond donors (Lipinski definition) is 1. The molecule has 1 amide bonds. The molecule has 0 aliphatic rings. The monoisotopic (exact) mass is 323 g/mol. The van der Waals surface area contributed by atoms with Crippen LogP contribution in [0.4, 0.5) is 5.13 Å². The van der Waals surface area contributed by atoms with Crippen molar-refractivity contribution in [2.45, 2.75) is 25.1 Å². The number of ether oxygens (including phenoxy) is 1. The fraction of sp³-hybridized carbons (Fsp3) is 0.357. The second-order valence-corrected chi connectivity index (χ2v) is 6.88. The minimum Gasteiger partial charge on any atom is -0.484 e. The third-order valence-electron chi connectivity index (χ3n) is 2.77. The van der Waals surface area contributed by atoms with Crippen LogP contribution < -0.4 is 10.1 Å². The van der Waals surface area contributed by atoms with Gasteiger partial charge in [-0.05, 0) is 42.9 Å². The number of benzene rings is 1. The lowest BCUT2D eigenvalue weighted by Crippen LogP contribution is -2.20. The number of hydrogen-bond acceptors (Lipinski definition) is 6. The van der Waals surface area contributed by atoms with Gasteiger partial charge in [-0.3, -0.25) is 10.1 Å². The summed E-state index contributed by atoms with van der Waals surface area (Å²) in [6.07, 6.45) is 0. The maximum absolute atomic E-state index is 11.8. The van der Waals surface area contributed by atoms with E-state index in [0.717, 1.165) is 15.7 Å². The van der Waals surface area contributed by atoms with E-state index in [4.69, 9.17) is 4.74 Å². The molecule has 7 heteroatoms. The molecular formula is C14H17N3O2S2. The largest absolute Gasteiger partial charge is 0.484 e. The SMILES string of the molecule is CCSc1nnc(NC(=O)COc2ccc(C)c(C)c2)s1. The van der Waals surface area contributed by atoms with E-state index in [2.05, 4.69) is 15.5 Å². The summed E-state index contributed by atoms with van der Waals surface area (Å²) in [5, 5.41) is 11.1. The number of rotatable bonds is 6. The highest BCUT2D eigenvalue weighted by atomic mass is 32.2. The number of nitrogens with one attached hydrogen (secondary N) is 1. The first-order valence-corrected chi connectivity index (χ1v) is 8.35. The normalized spacial score (nSPS) is 10.4. The summed E-state index contributed by atoms with van der Waals surface area (Å²) in [7, 11) is 0. The molecule has 21 heavy (non-hydrogen) atoms. The van der Waals surface area contributed by atoms with Crippen molar-refractivity contribution in [2.24, 2.45) is 0 Å². The van der Waals surface area contributed by atoms with Gasteiger partial charge >= 0.3 is 0 Å². The number of aryl methyl sites for hydroxylation is 2. The van der Waals surface area contributed by atoms with Crippen molar-refractivity contribution in [1.82, 2.24) is 10.2 Å². The van der Waals surface area contributed by atoms with E-state index in [-0.39, 0.29) is 12.5 Å². The van der Waals surface area contributed by atoms with Gasteiger partial charge in [-0.2, -0.15) is 0 Å². The van der Waals surface area contributed by atoms with E-state index in [1.165, 1.54) is 16.9 Å². The quantitative estimate of drug-likeness (QED) is 0.653. The highest BCUT2D eigenvalue weighted by Gasteiger charge is 2.09. The van der Waals surface area contributed by atoms with Crippen molar-refractivity contribution in [3.05, 3.63) is 29.3 Å². The van der Waals surface area contributed by atoms with Crippen LogP contribution in [-0.2, 0) is 4.79 Å². The zero-order valence-electron chi connectivity index (χ0n) is 12.2. The molecule has 2 aromatic rings. The molecule has 1 aromatic heterocycles. The van der Waals surface area contributed by atoms with Gasteiger partial charge in [0.1, 0.15) is 5.75 Å². The molecule has 0 unspecified atom stereocenters. The molecule has 0 fully saturated rings. The number of nitrogens with zero attached hydrogens (tertiary/aromatic N) is 2. The van der Waals surface area contributed by atoms with E-state index in [9.17, 15) is 4.79 Å². The van der Waals surface area contributed by atoms with Crippen LogP contribution in [0.2, 0.25) is 0 Å². The lowest BCUT2D eigenvalue weighted by Gasteiger charge is -2.07. The molecule has 0 spiro atoms. The van der Waals surface area contributed by atoms with Crippen molar-refractivity contribution in [1.29, 1.82) is 0 Å². The molecule has 5 nitrogen and oxygen atoms in total. The molecule has 0 saturated carbocycles. The van der Waals surface area contributed by atoms with Crippen LogP contribution in [0.3, 0.4) is 0 Å². The lowest BCUT2D eigenvalue weighted by molar-refractivity contribution is -0.118. The van der Waals surface area contributed by atoms with Crippen LogP contribution in [0.5, 0.6) is 5.75 Å². The minimum atomic E-state index is -0.238. The summed E-state index contributed by atoms with van der Waals surface area (Å²) in [6, 6.07) is 5.75. The average molecular weight is 323 g/mol. The van der Waals surface area contributed by atoms with Gasteiger partial charge in [0.15, 0.2) is 10.9 Å². The molecule has 1 N–H and O–H groups in total.